The number of phenols is 1. The fraction of sp³-hybridized carbons (Fsp3) is 0.259. The molecule has 0 aliphatic carbocycles. The van der Waals surface area contributed by atoms with Crippen LogP contribution in [0, 0.1) is 5.82 Å². The number of ether oxygens (including phenoxy) is 1. The Morgan fingerprint density at radius 3 is 2.66 bits per heavy atom. The lowest BCUT2D eigenvalue weighted by Gasteiger charge is -2.36. The summed E-state index contributed by atoms with van der Waals surface area (Å²) < 4.78 is 19.0. The summed E-state index contributed by atoms with van der Waals surface area (Å²) in [4.78, 5) is 25.2. The van der Waals surface area contributed by atoms with Gasteiger partial charge in [-0.05, 0) is 65.9 Å². The Labute approximate surface area is 207 Å². The van der Waals surface area contributed by atoms with Gasteiger partial charge in [0.2, 0.25) is 0 Å². The van der Waals surface area contributed by atoms with E-state index in [4.69, 9.17) is 16.3 Å². The number of carbonyl (C=O) groups is 2. The monoisotopic (exact) mass is 497 g/mol. The summed E-state index contributed by atoms with van der Waals surface area (Å²) in [6.45, 7) is 3.54. The van der Waals surface area contributed by atoms with Crippen molar-refractivity contribution in [2.24, 2.45) is 0 Å². The molecule has 1 unspecified atom stereocenters. The topological polar surface area (TPSA) is 95.9 Å². The third kappa shape index (κ3) is 5.31. The first kappa shape index (κ1) is 24.7. The van der Waals surface area contributed by atoms with Crippen LogP contribution >= 0.6 is 11.6 Å². The molecule has 4 rings (SSSR count). The minimum Gasteiger partial charge on any atom is -0.508 e. The van der Waals surface area contributed by atoms with E-state index in [0.29, 0.717) is 27.4 Å². The molecule has 1 atom stereocenters. The fourth-order valence-corrected chi connectivity index (χ4v) is 4.76. The van der Waals surface area contributed by atoms with Gasteiger partial charge in [0.25, 0.3) is 5.91 Å². The molecule has 1 aliphatic heterocycles. The number of cyclic esters (lactones) is 1. The first-order valence-corrected chi connectivity index (χ1v) is 11.4. The van der Waals surface area contributed by atoms with E-state index in [0.717, 1.165) is 6.07 Å². The van der Waals surface area contributed by atoms with Gasteiger partial charge in [-0.3, -0.25) is 4.79 Å². The molecular formula is C27H25ClFNO5. The lowest BCUT2D eigenvalue weighted by molar-refractivity contribution is -0.136. The number of amides is 1. The van der Waals surface area contributed by atoms with E-state index in [1.807, 2.05) is 0 Å². The Kier molecular flexibility index (Phi) is 6.58. The number of phenolic OH excluding ortho intramolecular Hbond substituents is 1. The number of fused-ring (bicyclic) bond motifs is 1. The van der Waals surface area contributed by atoms with E-state index in [1.54, 1.807) is 56.3 Å². The predicted molar refractivity (Wildman–Crippen MR) is 130 cm³/mol. The van der Waals surface area contributed by atoms with E-state index >= 15 is 0 Å². The number of halogens is 2. The van der Waals surface area contributed by atoms with E-state index in [1.165, 1.54) is 12.1 Å². The van der Waals surface area contributed by atoms with Crippen LogP contribution in [0.5, 0.6) is 5.75 Å². The zero-order valence-corrected chi connectivity index (χ0v) is 20.0. The molecule has 0 spiro atoms. The van der Waals surface area contributed by atoms with Crippen molar-refractivity contribution in [2.45, 2.75) is 44.3 Å². The molecule has 0 fully saturated rings. The maximum absolute atomic E-state index is 14.0. The zero-order valence-electron chi connectivity index (χ0n) is 19.3. The van der Waals surface area contributed by atoms with Crippen molar-refractivity contribution in [3.63, 3.8) is 0 Å². The van der Waals surface area contributed by atoms with Crippen LogP contribution in [-0.4, -0.2) is 27.7 Å². The number of nitrogens with one attached hydrogen (secondary N) is 1. The molecule has 3 N–H and O–H groups in total. The van der Waals surface area contributed by atoms with Gasteiger partial charge in [-0.15, -0.1) is 0 Å². The highest BCUT2D eigenvalue weighted by Crippen LogP contribution is 2.39. The number of hydrogen-bond acceptors (Lipinski definition) is 5. The number of carbonyl (C=O) groups excluding carboxylic acids is 2. The number of anilines is 1. The van der Waals surface area contributed by atoms with Crippen LogP contribution < -0.4 is 5.32 Å². The van der Waals surface area contributed by atoms with Crippen LogP contribution in [0.2, 0.25) is 5.02 Å². The van der Waals surface area contributed by atoms with Crippen molar-refractivity contribution < 1.29 is 28.9 Å². The number of esters is 1. The molecule has 6 nitrogen and oxygen atoms in total. The van der Waals surface area contributed by atoms with Gasteiger partial charge in [-0.25, -0.2) is 9.18 Å². The molecule has 0 radical (unpaired) electrons. The van der Waals surface area contributed by atoms with Crippen LogP contribution in [0.4, 0.5) is 10.1 Å². The Bertz CT molecular complexity index is 1310. The van der Waals surface area contributed by atoms with Crippen LogP contribution in [-0.2, 0) is 28.0 Å². The van der Waals surface area contributed by atoms with Crippen molar-refractivity contribution in [1.29, 1.82) is 0 Å². The summed E-state index contributed by atoms with van der Waals surface area (Å²) in [5.41, 5.74) is -0.600. The number of hydrogen-bond donors (Lipinski definition) is 3. The summed E-state index contributed by atoms with van der Waals surface area (Å²) >= 11 is 6.12. The summed E-state index contributed by atoms with van der Waals surface area (Å²) in [5.74, 6) is -1.78. The highest BCUT2D eigenvalue weighted by Gasteiger charge is 2.43. The average Bonchev–Trinajstić information content (AvgIpc) is 3.15. The Morgan fingerprint density at radius 2 is 1.91 bits per heavy atom. The summed E-state index contributed by atoms with van der Waals surface area (Å²) in [7, 11) is 0. The lowest BCUT2D eigenvalue weighted by atomic mass is 9.72. The first-order chi connectivity index (χ1) is 16.5. The van der Waals surface area contributed by atoms with Gasteiger partial charge in [-0.2, -0.15) is 0 Å². The standard InChI is InChI=1S/C27H25ClFNO5/c1-26(2,22-12-19(29)6-9-23(22)31)15-27(34,13-16-4-3-5-18(28)10-16)25(33)30-20-7-8-21-17(11-20)14-35-24(21)32/h3-12,31,34H,13-15H2,1-2H3,(H,30,33). The van der Waals surface area contributed by atoms with E-state index in [9.17, 15) is 24.2 Å². The number of benzene rings is 3. The van der Waals surface area contributed by atoms with Gasteiger partial charge in [-0.1, -0.05) is 37.6 Å². The summed E-state index contributed by atoms with van der Waals surface area (Å²) in [6.07, 6.45) is -0.215. The first-order valence-electron chi connectivity index (χ1n) is 11.0. The van der Waals surface area contributed by atoms with E-state index < -0.39 is 28.7 Å². The third-order valence-corrected chi connectivity index (χ3v) is 6.41. The van der Waals surface area contributed by atoms with E-state index in [2.05, 4.69) is 5.32 Å². The van der Waals surface area contributed by atoms with Crippen LogP contribution in [0.3, 0.4) is 0 Å². The smallest absolute Gasteiger partial charge is 0.338 e. The van der Waals surface area contributed by atoms with Gasteiger partial charge >= 0.3 is 5.97 Å². The number of aromatic hydroxyl groups is 1. The van der Waals surface area contributed by atoms with E-state index in [-0.39, 0.29) is 30.8 Å². The lowest BCUT2D eigenvalue weighted by Crippen LogP contribution is -2.49. The zero-order chi connectivity index (χ0) is 25.4. The molecule has 3 aromatic carbocycles. The highest BCUT2D eigenvalue weighted by atomic mass is 35.5. The van der Waals surface area contributed by atoms with Crippen molar-refractivity contribution in [2.75, 3.05) is 5.32 Å². The molecule has 0 bridgehead atoms. The van der Waals surface area contributed by atoms with Gasteiger partial charge in [0.1, 0.15) is 23.8 Å². The molecule has 0 saturated carbocycles. The molecule has 1 heterocycles. The van der Waals surface area contributed by atoms with Gasteiger partial charge in [0.15, 0.2) is 0 Å². The Morgan fingerprint density at radius 1 is 1.14 bits per heavy atom. The molecule has 35 heavy (non-hydrogen) atoms. The van der Waals surface area contributed by atoms with Crippen LogP contribution in [0.15, 0.2) is 60.7 Å². The van der Waals surface area contributed by atoms with Crippen molar-refractivity contribution in [1.82, 2.24) is 0 Å². The van der Waals surface area contributed by atoms with Gasteiger partial charge in [0.05, 0.1) is 5.56 Å². The quantitative estimate of drug-likeness (QED) is 0.393. The average molecular weight is 498 g/mol. The Balaban J connectivity index is 1.67. The van der Waals surface area contributed by atoms with Crippen LogP contribution in [0.25, 0.3) is 0 Å². The second-order valence-corrected chi connectivity index (χ2v) is 9.90. The molecule has 0 aromatic heterocycles. The SMILES string of the molecule is CC(C)(CC(O)(Cc1cccc(Cl)c1)C(=O)Nc1ccc2c(c1)COC2=O)c1cc(F)ccc1O. The van der Waals surface area contributed by atoms with Gasteiger partial charge in [0, 0.05) is 28.3 Å². The number of aliphatic hydroxyl groups is 1. The maximum atomic E-state index is 14.0. The van der Waals surface area contributed by atoms with Crippen molar-refractivity contribution >= 4 is 29.2 Å². The minimum absolute atomic E-state index is 0.0779. The summed E-state index contributed by atoms with van der Waals surface area (Å²) in [5, 5.41) is 25.3. The number of rotatable bonds is 7. The third-order valence-electron chi connectivity index (χ3n) is 6.17. The highest BCUT2D eigenvalue weighted by molar-refractivity contribution is 6.30. The second kappa shape index (κ2) is 9.32. The molecular weight excluding hydrogens is 473 g/mol. The molecule has 1 amide bonds. The molecule has 0 saturated heterocycles. The molecule has 3 aromatic rings. The van der Waals surface area contributed by atoms with Crippen molar-refractivity contribution in [3.05, 3.63) is 93.8 Å². The Hall–Kier alpha value is -3.42. The summed E-state index contributed by atoms with van der Waals surface area (Å²) in [6, 6.07) is 15.1. The molecule has 182 valence electrons. The predicted octanol–water partition coefficient (Wildman–Crippen LogP) is 5.14. The normalized spacial score (nSPS) is 14.7. The molecule has 1 aliphatic rings. The maximum Gasteiger partial charge on any atom is 0.338 e. The minimum atomic E-state index is -1.96. The van der Waals surface area contributed by atoms with Gasteiger partial charge < -0.3 is 20.3 Å². The molecule has 8 heteroatoms. The van der Waals surface area contributed by atoms with Crippen molar-refractivity contribution in [3.8, 4) is 5.75 Å². The fourth-order valence-electron chi connectivity index (χ4n) is 4.54. The van der Waals surface area contributed by atoms with Crippen LogP contribution in [0.1, 0.15) is 47.3 Å². The largest absolute Gasteiger partial charge is 0.508 e. The second-order valence-electron chi connectivity index (χ2n) is 9.46.